The predicted molar refractivity (Wildman–Crippen MR) is 64.5 cm³/mol. The molecule has 0 aromatic carbocycles. The van der Waals surface area contributed by atoms with Gasteiger partial charge in [0, 0.05) is 25.6 Å². The molecular formula is C13H22N2O2. The van der Waals surface area contributed by atoms with Gasteiger partial charge < -0.3 is 15.3 Å². The van der Waals surface area contributed by atoms with Crippen LogP contribution in [0, 0.1) is 11.3 Å². The monoisotopic (exact) mass is 238 g/mol. The van der Waals surface area contributed by atoms with Gasteiger partial charge in [0.15, 0.2) is 0 Å². The molecular weight excluding hydrogens is 216 g/mol. The van der Waals surface area contributed by atoms with Crippen molar-refractivity contribution in [3.63, 3.8) is 0 Å². The van der Waals surface area contributed by atoms with Crippen LogP contribution in [0.1, 0.15) is 32.1 Å². The smallest absolute Gasteiger partial charge is 0.239 e. The number of nitrogens with zero attached hydrogens (tertiary/aromatic N) is 1. The topological polar surface area (TPSA) is 52.6 Å². The van der Waals surface area contributed by atoms with Gasteiger partial charge in [0.2, 0.25) is 5.91 Å². The average Bonchev–Trinajstić information content (AvgIpc) is 2.94. The van der Waals surface area contributed by atoms with Crippen molar-refractivity contribution in [3.05, 3.63) is 0 Å². The van der Waals surface area contributed by atoms with E-state index in [4.69, 9.17) is 0 Å². The first-order valence-corrected chi connectivity index (χ1v) is 6.88. The summed E-state index contributed by atoms with van der Waals surface area (Å²) in [6.07, 6.45) is 5.74. The van der Waals surface area contributed by atoms with E-state index in [2.05, 4.69) is 5.32 Å². The Morgan fingerprint density at radius 1 is 1.41 bits per heavy atom. The van der Waals surface area contributed by atoms with Crippen molar-refractivity contribution < 1.29 is 9.90 Å². The quantitative estimate of drug-likeness (QED) is 0.730. The number of hydrogen-bond acceptors (Lipinski definition) is 3. The molecule has 2 N–H and O–H groups in total. The summed E-state index contributed by atoms with van der Waals surface area (Å²) in [6.45, 7) is 2.86. The van der Waals surface area contributed by atoms with Crippen LogP contribution in [-0.2, 0) is 4.79 Å². The van der Waals surface area contributed by atoms with Crippen molar-refractivity contribution in [2.75, 3.05) is 26.2 Å². The van der Waals surface area contributed by atoms with Crippen molar-refractivity contribution in [2.24, 2.45) is 11.3 Å². The Bertz CT molecular complexity index is 309. The van der Waals surface area contributed by atoms with Crippen molar-refractivity contribution in [3.8, 4) is 0 Å². The Kier molecular flexibility index (Phi) is 2.87. The molecule has 2 aliphatic heterocycles. The fourth-order valence-electron chi connectivity index (χ4n) is 3.77. The lowest BCUT2D eigenvalue weighted by molar-refractivity contribution is -0.132. The van der Waals surface area contributed by atoms with Crippen LogP contribution in [0.3, 0.4) is 0 Å². The molecule has 1 spiro atoms. The molecule has 0 radical (unpaired) electrons. The van der Waals surface area contributed by atoms with Crippen molar-refractivity contribution in [1.82, 2.24) is 10.2 Å². The number of carbonyl (C=O) groups excluding carboxylic acids is 1. The van der Waals surface area contributed by atoms with Crippen molar-refractivity contribution in [2.45, 2.75) is 38.1 Å². The van der Waals surface area contributed by atoms with Crippen LogP contribution in [0.4, 0.5) is 0 Å². The van der Waals surface area contributed by atoms with E-state index in [9.17, 15) is 9.90 Å². The van der Waals surface area contributed by atoms with Crippen LogP contribution in [0.2, 0.25) is 0 Å². The Hall–Kier alpha value is -0.610. The summed E-state index contributed by atoms with van der Waals surface area (Å²) in [5.41, 5.74) is 0.267. The number of aliphatic hydroxyl groups is 1. The third-order valence-electron chi connectivity index (χ3n) is 5.05. The van der Waals surface area contributed by atoms with Crippen LogP contribution in [0.15, 0.2) is 0 Å². The zero-order valence-electron chi connectivity index (χ0n) is 10.3. The summed E-state index contributed by atoms with van der Waals surface area (Å²) >= 11 is 0. The molecule has 1 amide bonds. The van der Waals surface area contributed by atoms with Gasteiger partial charge in [0.25, 0.3) is 0 Å². The molecule has 0 aromatic heterocycles. The number of aliphatic hydroxyl groups excluding tert-OH is 1. The van der Waals surface area contributed by atoms with Crippen LogP contribution < -0.4 is 5.32 Å². The largest absolute Gasteiger partial charge is 0.396 e. The first kappa shape index (κ1) is 11.5. The highest BCUT2D eigenvalue weighted by Gasteiger charge is 2.51. The van der Waals surface area contributed by atoms with Crippen LogP contribution in [0.5, 0.6) is 0 Å². The number of nitrogens with one attached hydrogen (secondary N) is 1. The Balaban J connectivity index is 1.67. The minimum Gasteiger partial charge on any atom is -0.396 e. The lowest BCUT2D eigenvalue weighted by Crippen LogP contribution is -2.44. The lowest BCUT2D eigenvalue weighted by atomic mass is 9.63. The van der Waals surface area contributed by atoms with Gasteiger partial charge in [0.1, 0.15) is 0 Å². The minimum absolute atomic E-state index is 0.0459. The summed E-state index contributed by atoms with van der Waals surface area (Å²) in [5, 5.41) is 12.8. The highest BCUT2D eigenvalue weighted by molar-refractivity contribution is 5.82. The van der Waals surface area contributed by atoms with E-state index in [1.165, 1.54) is 19.3 Å². The molecule has 2 atom stereocenters. The fourth-order valence-corrected chi connectivity index (χ4v) is 3.77. The summed E-state index contributed by atoms with van der Waals surface area (Å²) in [4.78, 5) is 14.3. The molecule has 4 nitrogen and oxygen atoms in total. The molecule has 2 saturated heterocycles. The zero-order chi connectivity index (χ0) is 11.9. The van der Waals surface area contributed by atoms with E-state index >= 15 is 0 Å². The van der Waals surface area contributed by atoms with E-state index in [-0.39, 0.29) is 24.0 Å². The second-order valence-electron chi connectivity index (χ2n) is 5.96. The fraction of sp³-hybridized carbons (Fsp3) is 0.923. The van der Waals surface area contributed by atoms with Gasteiger partial charge in [0.05, 0.1) is 6.04 Å². The van der Waals surface area contributed by atoms with Crippen LogP contribution >= 0.6 is 0 Å². The highest BCUT2D eigenvalue weighted by Crippen LogP contribution is 2.51. The number of hydrogen-bond donors (Lipinski definition) is 2. The average molecular weight is 238 g/mol. The third kappa shape index (κ3) is 1.78. The molecule has 4 heteroatoms. The Labute approximate surface area is 102 Å². The molecule has 3 fully saturated rings. The third-order valence-corrected chi connectivity index (χ3v) is 5.05. The molecule has 2 heterocycles. The van der Waals surface area contributed by atoms with E-state index in [0.29, 0.717) is 5.92 Å². The molecule has 96 valence electrons. The van der Waals surface area contributed by atoms with Gasteiger partial charge in [-0.1, -0.05) is 6.42 Å². The summed E-state index contributed by atoms with van der Waals surface area (Å²) in [5.74, 6) is 0.589. The Morgan fingerprint density at radius 2 is 2.24 bits per heavy atom. The second kappa shape index (κ2) is 4.25. The van der Waals surface area contributed by atoms with Gasteiger partial charge in [-0.15, -0.1) is 0 Å². The lowest BCUT2D eigenvalue weighted by Gasteiger charge is -2.42. The van der Waals surface area contributed by atoms with Gasteiger partial charge in [-0.25, -0.2) is 0 Å². The molecule has 17 heavy (non-hydrogen) atoms. The highest BCUT2D eigenvalue weighted by atomic mass is 16.3. The SMILES string of the molecule is O=C([C@@H]1CCCN1)N1C[C@@H](CO)C2(CCC2)C1. The van der Waals surface area contributed by atoms with Crippen LogP contribution in [0.25, 0.3) is 0 Å². The Morgan fingerprint density at radius 3 is 2.71 bits per heavy atom. The second-order valence-corrected chi connectivity index (χ2v) is 5.96. The van der Waals surface area contributed by atoms with Gasteiger partial charge in [-0.2, -0.15) is 0 Å². The molecule has 0 bridgehead atoms. The molecule has 1 aliphatic carbocycles. The molecule has 3 rings (SSSR count). The van der Waals surface area contributed by atoms with E-state index < -0.39 is 0 Å². The normalized spacial score (nSPS) is 35.2. The van der Waals surface area contributed by atoms with E-state index in [0.717, 1.165) is 32.5 Å². The maximum absolute atomic E-state index is 12.3. The standard InChI is InChI=1S/C13H22N2O2/c16-8-10-7-15(9-13(10)4-2-5-13)12(17)11-3-1-6-14-11/h10-11,14,16H,1-9H2/t10-,11-/m0/s1. The summed E-state index contributed by atoms with van der Waals surface area (Å²) in [7, 11) is 0. The number of rotatable bonds is 2. The summed E-state index contributed by atoms with van der Waals surface area (Å²) < 4.78 is 0. The van der Waals surface area contributed by atoms with Gasteiger partial charge in [-0.3, -0.25) is 4.79 Å². The van der Waals surface area contributed by atoms with Gasteiger partial charge >= 0.3 is 0 Å². The number of carbonyl (C=O) groups is 1. The van der Waals surface area contributed by atoms with E-state index in [1.54, 1.807) is 0 Å². The van der Waals surface area contributed by atoms with Crippen molar-refractivity contribution >= 4 is 5.91 Å². The molecule has 3 aliphatic rings. The molecule has 0 aromatic rings. The maximum atomic E-state index is 12.3. The van der Waals surface area contributed by atoms with Gasteiger partial charge in [-0.05, 0) is 37.6 Å². The maximum Gasteiger partial charge on any atom is 0.239 e. The molecule has 0 unspecified atom stereocenters. The van der Waals surface area contributed by atoms with Crippen LogP contribution in [-0.4, -0.2) is 48.2 Å². The van der Waals surface area contributed by atoms with E-state index in [1.807, 2.05) is 4.90 Å². The minimum atomic E-state index is 0.0459. The number of likely N-dealkylation sites (tertiary alicyclic amines) is 1. The first-order valence-electron chi connectivity index (χ1n) is 6.88. The molecule has 1 saturated carbocycles. The first-order chi connectivity index (χ1) is 8.25. The predicted octanol–water partition coefficient (Wildman–Crippen LogP) is 0.359. The van der Waals surface area contributed by atoms with Crippen molar-refractivity contribution in [1.29, 1.82) is 0 Å². The zero-order valence-corrected chi connectivity index (χ0v) is 10.3. The summed E-state index contributed by atoms with van der Waals surface area (Å²) in [6, 6.07) is 0.0459. The number of amides is 1.